The number of halogens is 1. The van der Waals surface area contributed by atoms with Gasteiger partial charge in [0.05, 0.1) is 11.6 Å². The number of anilines is 1. The van der Waals surface area contributed by atoms with Gasteiger partial charge in [-0.25, -0.2) is 4.98 Å². The van der Waals surface area contributed by atoms with Crippen molar-refractivity contribution in [1.29, 1.82) is 5.26 Å². The molecule has 7 heteroatoms. The van der Waals surface area contributed by atoms with Crippen molar-refractivity contribution in [2.75, 3.05) is 5.32 Å². The zero-order chi connectivity index (χ0) is 17.8. The summed E-state index contributed by atoms with van der Waals surface area (Å²) in [6.07, 6.45) is 1.80. The number of rotatable bonds is 5. The first-order valence-electron chi connectivity index (χ1n) is 7.81. The Balaban J connectivity index is 1.65. The van der Waals surface area contributed by atoms with E-state index in [2.05, 4.69) is 31.5 Å². The standard InChI is InChI=1S/C18H15BrN4O2/c19-14-7-15(22-16(8-14)23-17(24)13-5-6-13)18(25)21-10-12-3-1-11(9-20)2-4-12/h1-4,7-8,13H,5-6,10H2,(H,21,25)(H,22,23,24). The molecule has 0 bridgehead atoms. The van der Waals surface area contributed by atoms with Gasteiger partial charge in [-0.05, 0) is 42.7 Å². The molecule has 1 heterocycles. The van der Waals surface area contributed by atoms with Crippen LogP contribution in [0.15, 0.2) is 40.9 Å². The molecule has 0 atom stereocenters. The minimum Gasteiger partial charge on any atom is -0.347 e. The van der Waals surface area contributed by atoms with Crippen molar-refractivity contribution in [2.24, 2.45) is 5.92 Å². The molecule has 1 fully saturated rings. The summed E-state index contributed by atoms with van der Waals surface area (Å²) in [5.41, 5.74) is 1.67. The van der Waals surface area contributed by atoms with Crippen LogP contribution in [0.3, 0.4) is 0 Å². The van der Waals surface area contributed by atoms with Crippen molar-refractivity contribution < 1.29 is 9.59 Å². The fourth-order valence-corrected chi connectivity index (χ4v) is 2.66. The van der Waals surface area contributed by atoms with Crippen LogP contribution in [0.2, 0.25) is 0 Å². The maximum atomic E-state index is 12.3. The molecule has 6 nitrogen and oxygen atoms in total. The lowest BCUT2D eigenvalue weighted by Gasteiger charge is -2.08. The highest BCUT2D eigenvalue weighted by Gasteiger charge is 2.30. The van der Waals surface area contributed by atoms with Crippen LogP contribution < -0.4 is 10.6 Å². The Hall–Kier alpha value is -2.72. The normalized spacial score (nSPS) is 13.0. The third-order valence-corrected chi connectivity index (χ3v) is 4.22. The summed E-state index contributed by atoms with van der Waals surface area (Å²) in [6, 6.07) is 12.3. The zero-order valence-corrected chi connectivity index (χ0v) is 14.8. The summed E-state index contributed by atoms with van der Waals surface area (Å²) in [5, 5.41) is 14.3. The number of hydrogen-bond donors (Lipinski definition) is 2. The van der Waals surface area contributed by atoms with E-state index in [0.29, 0.717) is 22.4 Å². The van der Waals surface area contributed by atoms with Crippen LogP contribution in [-0.4, -0.2) is 16.8 Å². The molecule has 1 saturated carbocycles. The minimum absolute atomic E-state index is 0.0606. The summed E-state index contributed by atoms with van der Waals surface area (Å²) in [4.78, 5) is 28.4. The molecular weight excluding hydrogens is 384 g/mol. The molecule has 0 saturated heterocycles. The Kier molecular flexibility index (Phi) is 5.10. The van der Waals surface area contributed by atoms with E-state index in [-0.39, 0.29) is 23.4 Å². The molecule has 1 aliphatic rings. The van der Waals surface area contributed by atoms with E-state index in [1.54, 1.807) is 36.4 Å². The topological polar surface area (TPSA) is 94.9 Å². The lowest BCUT2D eigenvalue weighted by Crippen LogP contribution is -2.24. The number of nitrogens with one attached hydrogen (secondary N) is 2. The molecule has 0 unspecified atom stereocenters. The Morgan fingerprint density at radius 3 is 2.60 bits per heavy atom. The van der Waals surface area contributed by atoms with Crippen LogP contribution in [0.25, 0.3) is 0 Å². The summed E-state index contributed by atoms with van der Waals surface area (Å²) in [5.74, 6) is 0.0198. The monoisotopic (exact) mass is 398 g/mol. The van der Waals surface area contributed by atoms with E-state index in [0.717, 1.165) is 18.4 Å². The maximum absolute atomic E-state index is 12.3. The number of hydrogen-bond acceptors (Lipinski definition) is 4. The summed E-state index contributed by atoms with van der Waals surface area (Å²) in [6.45, 7) is 0.322. The predicted octanol–water partition coefficient (Wildman–Crippen LogP) is 2.99. The summed E-state index contributed by atoms with van der Waals surface area (Å²) < 4.78 is 0.664. The first-order chi connectivity index (χ1) is 12.0. The predicted molar refractivity (Wildman–Crippen MR) is 95.6 cm³/mol. The third-order valence-electron chi connectivity index (χ3n) is 3.76. The number of nitriles is 1. The minimum atomic E-state index is -0.340. The molecule has 3 rings (SSSR count). The number of pyridine rings is 1. The average Bonchev–Trinajstić information content (AvgIpc) is 3.44. The summed E-state index contributed by atoms with van der Waals surface area (Å²) in [7, 11) is 0. The van der Waals surface area contributed by atoms with Crippen molar-refractivity contribution in [3.05, 3.63) is 57.7 Å². The van der Waals surface area contributed by atoms with Gasteiger partial charge in [0.15, 0.2) is 0 Å². The van der Waals surface area contributed by atoms with Crippen LogP contribution >= 0.6 is 15.9 Å². The number of aromatic nitrogens is 1. The lowest BCUT2D eigenvalue weighted by atomic mass is 10.1. The number of nitrogens with zero attached hydrogens (tertiary/aromatic N) is 2. The van der Waals surface area contributed by atoms with Gasteiger partial charge in [-0.1, -0.05) is 28.1 Å². The van der Waals surface area contributed by atoms with Gasteiger partial charge in [0.2, 0.25) is 5.91 Å². The molecular formula is C18H15BrN4O2. The van der Waals surface area contributed by atoms with Gasteiger partial charge in [-0.2, -0.15) is 5.26 Å². The molecule has 0 aliphatic heterocycles. The van der Waals surface area contributed by atoms with Gasteiger partial charge in [0.1, 0.15) is 11.5 Å². The third kappa shape index (κ3) is 4.64. The fourth-order valence-electron chi connectivity index (χ4n) is 2.22. The van der Waals surface area contributed by atoms with Crippen molar-refractivity contribution in [3.8, 4) is 6.07 Å². The quantitative estimate of drug-likeness (QED) is 0.808. The molecule has 1 aromatic carbocycles. The van der Waals surface area contributed by atoms with Crippen LogP contribution in [-0.2, 0) is 11.3 Å². The second-order valence-corrected chi connectivity index (χ2v) is 6.73. The van der Waals surface area contributed by atoms with Gasteiger partial charge >= 0.3 is 0 Å². The molecule has 2 amide bonds. The van der Waals surface area contributed by atoms with Crippen molar-refractivity contribution in [2.45, 2.75) is 19.4 Å². The highest BCUT2D eigenvalue weighted by molar-refractivity contribution is 9.10. The van der Waals surface area contributed by atoms with Gasteiger partial charge < -0.3 is 10.6 Å². The van der Waals surface area contributed by atoms with E-state index < -0.39 is 0 Å². The van der Waals surface area contributed by atoms with Crippen LogP contribution in [0, 0.1) is 17.2 Å². The molecule has 2 aromatic rings. The molecule has 0 radical (unpaired) electrons. The fraction of sp³-hybridized carbons (Fsp3) is 0.222. The van der Waals surface area contributed by atoms with Crippen molar-refractivity contribution in [3.63, 3.8) is 0 Å². The van der Waals surface area contributed by atoms with E-state index in [9.17, 15) is 9.59 Å². The molecule has 2 N–H and O–H groups in total. The van der Waals surface area contributed by atoms with Crippen LogP contribution in [0.5, 0.6) is 0 Å². The second kappa shape index (κ2) is 7.45. The van der Waals surface area contributed by atoms with Gasteiger partial charge in [-0.3, -0.25) is 9.59 Å². The maximum Gasteiger partial charge on any atom is 0.270 e. The highest BCUT2D eigenvalue weighted by Crippen LogP contribution is 2.30. The first kappa shape index (κ1) is 17.1. The van der Waals surface area contributed by atoms with Crippen LogP contribution in [0.1, 0.15) is 34.5 Å². The second-order valence-electron chi connectivity index (χ2n) is 5.81. The Morgan fingerprint density at radius 2 is 1.96 bits per heavy atom. The Morgan fingerprint density at radius 1 is 1.24 bits per heavy atom. The highest BCUT2D eigenvalue weighted by atomic mass is 79.9. The number of carbonyl (C=O) groups excluding carboxylic acids is 2. The van der Waals surface area contributed by atoms with Crippen molar-refractivity contribution >= 4 is 33.6 Å². The first-order valence-corrected chi connectivity index (χ1v) is 8.60. The molecule has 25 heavy (non-hydrogen) atoms. The smallest absolute Gasteiger partial charge is 0.270 e. The number of carbonyl (C=O) groups is 2. The Labute approximate surface area is 153 Å². The van der Waals surface area contributed by atoms with Crippen molar-refractivity contribution in [1.82, 2.24) is 10.3 Å². The molecule has 0 spiro atoms. The zero-order valence-electron chi connectivity index (χ0n) is 13.3. The largest absolute Gasteiger partial charge is 0.347 e. The van der Waals surface area contributed by atoms with Crippen LogP contribution in [0.4, 0.5) is 5.82 Å². The van der Waals surface area contributed by atoms with Gasteiger partial charge in [0, 0.05) is 16.9 Å². The number of amides is 2. The SMILES string of the molecule is N#Cc1ccc(CNC(=O)c2cc(Br)cc(NC(=O)C3CC3)n2)cc1. The van der Waals surface area contributed by atoms with Gasteiger partial charge in [-0.15, -0.1) is 0 Å². The molecule has 1 aromatic heterocycles. The van der Waals surface area contributed by atoms with E-state index in [4.69, 9.17) is 5.26 Å². The lowest BCUT2D eigenvalue weighted by molar-refractivity contribution is -0.117. The molecule has 126 valence electrons. The van der Waals surface area contributed by atoms with Gasteiger partial charge in [0.25, 0.3) is 5.91 Å². The molecule has 1 aliphatic carbocycles. The number of benzene rings is 1. The van der Waals surface area contributed by atoms with E-state index in [1.165, 1.54) is 0 Å². The van der Waals surface area contributed by atoms with E-state index in [1.807, 2.05) is 6.07 Å². The van der Waals surface area contributed by atoms with E-state index >= 15 is 0 Å². The average molecular weight is 399 g/mol. The summed E-state index contributed by atoms with van der Waals surface area (Å²) >= 11 is 3.33. The Bertz CT molecular complexity index is 854.